The van der Waals surface area contributed by atoms with E-state index >= 15 is 0 Å². The van der Waals surface area contributed by atoms with Crippen molar-refractivity contribution < 1.29 is 0 Å². The maximum absolute atomic E-state index is 5.95. The summed E-state index contributed by atoms with van der Waals surface area (Å²) < 4.78 is 0.759. The summed E-state index contributed by atoms with van der Waals surface area (Å²) in [6.45, 7) is 2.09. The minimum absolute atomic E-state index is 0.730. The molecule has 0 bridgehead atoms. The molecular weight excluding hydrogens is 275 g/mol. The number of aromatic amines is 1. The van der Waals surface area contributed by atoms with Gasteiger partial charge in [-0.2, -0.15) is 0 Å². The molecule has 2 rings (SSSR count). The highest BCUT2D eigenvalue weighted by molar-refractivity contribution is 9.10. The molecule has 2 nitrogen and oxygen atoms in total. The minimum Gasteiger partial charge on any atom is -0.336 e. The van der Waals surface area contributed by atoms with E-state index < -0.39 is 0 Å². The quantitative estimate of drug-likeness (QED) is 0.886. The van der Waals surface area contributed by atoms with Gasteiger partial charge in [-0.15, -0.1) is 0 Å². The van der Waals surface area contributed by atoms with Crippen LogP contribution in [0, 0.1) is 0 Å². The van der Waals surface area contributed by atoms with Gasteiger partial charge in [-0.3, -0.25) is 0 Å². The van der Waals surface area contributed by atoms with Crippen LogP contribution >= 0.6 is 27.5 Å². The first-order chi connectivity index (χ1) is 7.20. The maximum Gasteiger partial charge on any atom is 0.175 e. The molecule has 0 fully saturated rings. The smallest absolute Gasteiger partial charge is 0.175 e. The number of hydrogen-bond donors (Lipinski definition) is 1. The van der Waals surface area contributed by atoms with E-state index in [0.29, 0.717) is 0 Å². The van der Waals surface area contributed by atoms with E-state index in [1.54, 1.807) is 0 Å². The molecule has 0 atom stereocenters. The molecule has 78 valence electrons. The highest BCUT2D eigenvalue weighted by Gasteiger charge is 2.09. The van der Waals surface area contributed by atoms with Crippen LogP contribution in [0.2, 0.25) is 5.02 Å². The van der Waals surface area contributed by atoms with Gasteiger partial charge in [0.1, 0.15) is 0 Å². The standard InChI is InChI=1S/C11H10BrClN2/c1-2-9-10(15-11(12)14-9)7-4-3-5-8(13)6-7/h3-6H,2H2,1H3,(H,14,15). The van der Waals surface area contributed by atoms with Crippen LogP contribution in [0.1, 0.15) is 12.6 Å². The number of imidazole rings is 1. The molecule has 0 aliphatic rings. The van der Waals surface area contributed by atoms with Crippen LogP contribution in [0.3, 0.4) is 0 Å². The van der Waals surface area contributed by atoms with E-state index in [4.69, 9.17) is 11.6 Å². The fourth-order valence-electron chi connectivity index (χ4n) is 1.51. The second kappa shape index (κ2) is 4.37. The third kappa shape index (κ3) is 2.24. The number of halogens is 2. The van der Waals surface area contributed by atoms with Gasteiger partial charge in [0.15, 0.2) is 4.73 Å². The summed E-state index contributed by atoms with van der Waals surface area (Å²) in [4.78, 5) is 7.57. The number of aromatic nitrogens is 2. The van der Waals surface area contributed by atoms with Crippen molar-refractivity contribution in [3.63, 3.8) is 0 Å². The van der Waals surface area contributed by atoms with Crippen molar-refractivity contribution in [2.24, 2.45) is 0 Å². The third-order valence-electron chi connectivity index (χ3n) is 2.20. The minimum atomic E-state index is 0.730. The summed E-state index contributed by atoms with van der Waals surface area (Å²) in [6.07, 6.45) is 0.917. The molecule has 4 heteroatoms. The Morgan fingerprint density at radius 2 is 2.27 bits per heavy atom. The number of hydrogen-bond acceptors (Lipinski definition) is 1. The van der Waals surface area contributed by atoms with E-state index in [9.17, 15) is 0 Å². The summed E-state index contributed by atoms with van der Waals surface area (Å²) in [5, 5.41) is 0.730. The van der Waals surface area contributed by atoms with Crippen LogP contribution in [0.4, 0.5) is 0 Å². The van der Waals surface area contributed by atoms with Crippen molar-refractivity contribution >= 4 is 27.5 Å². The fourth-order valence-corrected chi connectivity index (χ4v) is 2.11. The van der Waals surface area contributed by atoms with Crippen LogP contribution in [-0.2, 0) is 6.42 Å². The van der Waals surface area contributed by atoms with Gasteiger partial charge in [0.05, 0.1) is 5.69 Å². The van der Waals surface area contributed by atoms with Crippen molar-refractivity contribution in [3.05, 3.63) is 39.7 Å². The lowest BCUT2D eigenvalue weighted by Gasteiger charge is -2.00. The second-order valence-electron chi connectivity index (χ2n) is 3.22. The third-order valence-corrected chi connectivity index (χ3v) is 2.81. The normalized spacial score (nSPS) is 10.6. The number of rotatable bonds is 2. The Balaban J connectivity index is 2.53. The monoisotopic (exact) mass is 284 g/mol. The fraction of sp³-hybridized carbons (Fsp3) is 0.182. The summed E-state index contributed by atoms with van der Waals surface area (Å²) in [5.74, 6) is 0. The Kier molecular flexibility index (Phi) is 3.12. The molecule has 1 N–H and O–H groups in total. The molecule has 0 radical (unpaired) electrons. The van der Waals surface area contributed by atoms with Crippen molar-refractivity contribution in [1.29, 1.82) is 0 Å². The molecular formula is C11H10BrClN2. The van der Waals surface area contributed by atoms with Gasteiger partial charge >= 0.3 is 0 Å². The summed E-state index contributed by atoms with van der Waals surface area (Å²) >= 11 is 9.29. The predicted molar refractivity (Wildman–Crippen MR) is 66.1 cm³/mol. The summed E-state index contributed by atoms with van der Waals surface area (Å²) in [5.41, 5.74) is 3.12. The van der Waals surface area contributed by atoms with Crippen molar-refractivity contribution in [2.75, 3.05) is 0 Å². The number of H-pyrrole nitrogens is 1. The highest BCUT2D eigenvalue weighted by atomic mass is 79.9. The topological polar surface area (TPSA) is 28.7 Å². The Morgan fingerprint density at radius 3 is 2.93 bits per heavy atom. The lowest BCUT2D eigenvalue weighted by atomic mass is 10.1. The zero-order valence-corrected chi connectivity index (χ0v) is 10.6. The molecule has 0 aliphatic carbocycles. The Morgan fingerprint density at radius 1 is 1.47 bits per heavy atom. The van der Waals surface area contributed by atoms with Crippen LogP contribution in [0.25, 0.3) is 11.3 Å². The van der Waals surface area contributed by atoms with Gasteiger partial charge in [0, 0.05) is 16.3 Å². The van der Waals surface area contributed by atoms with Crippen molar-refractivity contribution in [1.82, 2.24) is 9.97 Å². The zero-order valence-electron chi connectivity index (χ0n) is 8.22. The lowest BCUT2D eigenvalue weighted by molar-refractivity contribution is 1.06. The Labute approximate surface area is 102 Å². The van der Waals surface area contributed by atoms with Crippen LogP contribution in [-0.4, -0.2) is 9.97 Å². The molecule has 0 aliphatic heterocycles. The first-order valence-corrected chi connectivity index (χ1v) is 5.88. The molecule has 0 unspecified atom stereocenters. The van der Waals surface area contributed by atoms with Gasteiger partial charge in [-0.25, -0.2) is 4.98 Å². The van der Waals surface area contributed by atoms with Gasteiger partial charge in [0.2, 0.25) is 0 Å². The van der Waals surface area contributed by atoms with Gasteiger partial charge < -0.3 is 4.98 Å². The summed E-state index contributed by atoms with van der Waals surface area (Å²) in [6, 6.07) is 7.72. The lowest BCUT2D eigenvalue weighted by Crippen LogP contribution is -1.85. The SMILES string of the molecule is CCc1[nH]c(Br)nc1-c1cccc(Cl)c1. The number of benzene rings is 1. The Hall–Kier alpha value is -0.800. The first kappa shape index (κ1) is 10.7. The molecule has 1 aromatic carbocycles. The Bertz CT molecular complexity index is 479. The van der Waals surface area contributed by atoms with Gasteiger partial charge in [0.25, 0.3) is 0 Å². The van der Waals surface area contributed by atoms with Crippen LogP contribution in [0.15, 0.2) is 29.0 Å². The zero-order chi connectivity index (χ0) is 10.8. The first-order valence-electron chi connectivity index (χ1n) is 4.71. The number of nitrogens with one attached hydrogen (secondary N) is 1. The van der Waals surface area contributed by atoms with E-state index in [0.717, 1.165) is 33.1 Å². The average molecular weight is 286 g/mol. The molecule has 0 saturated heterocycles. The molecule has 1 aromatic heterocycles. The van der Waals surface area contributed by atoms with E-state index in [-0.39, 0.29) is 0 Å². The maximum atomic E-state index is 5.95. The predicted octanol–water partition coefficient (Wildman–Crippen LogP) is 4.06. The molecule has 2 aromatic rings. The van der Waals surface area contributed by atoms with Crippen LogP contribution in [0.5, 0.6) is 0 Å². The van der Waals surface area contributed by atoms with Crippen molar-refractivity contribution in [3.8, 4) is 11.3 Å². The molecule has 15 heavy (non-hydrogen) atoms. The molecule has 0 amide bonds. The van der Waals surface area contributed by atoms with Gasteiger partial charge in [-0.05, 0) is 34.5 Å². The van der Waals surface area contributed by atoms with E-state index in [1.165, 1.54) is 0 Å². The van der Waals surface area contributed by atoms with Gasteiger partial charge in [-0.1, -0.05) is 30.7 Å². The van der Waals surface area contributed by atoms with Crippen LogP contribution < -0.4 is 0 Å². The highest BCUT2D eigenvalue weighted by Crippen LogP contribution is 2.26. The number of aryl methyl sites for hydroxylation is 1. The average Bonchev–Trinajstić information content (AvgIpc) is 2.59. The number of nitrogens with zero attached hydrogens (tertiary/aromatic N) is 1. The molecule has 1 heterocycles. The molecule has 0 spiro atoms. The van der Waals surface area contributed by atoms with Crippen molar-refractivity contribution in [2.45, 2.75) is 13.3 Å². The second-order valence-corrected chi connectivity index (χ2v) is 4.41. The van der Waals surface area contributed by atoms with E-state index in [2.05, 4.69) is 32.8 Å². The molecule has 0 saturated carbocycles. The largest absolute Gasteiger partial charge is 0.336 e. The summed E-state index contributed by atoms with van der Waals surface area (Å²) in [7, 11) is 0. The van der Waals surface area contributed by atoms with E-state index in [1.807, 2.05) is 24.3 Å².